The minimum Gasteiger partial charge on any atom is -0.320 e. The van der Waals surface area contributed by atoms with Gasteiger partial charge in [-0.15, -0.1) is 0 Å². The Morgan fingerprint density at radius 1 is 1.08 bits per heavy atom. The number of amides is 1. The molecule has 3 fully saturated rings. The zero-order valence-corrected chi connectivity index (χ0v) is 23.8. The van der Waals surface area contributed by atoms with E-state index in [1.54, 1.807) is 6.21 Å². The number of fused-ring (bicyclic) bond motifs is 5. The third-order valence-corrected chi connectivity index (χ3v) is 10.9. The lowest BCUT2D eigenvalue weighted by Gasteiger charge is -2.59. The van der Waals surface area contributed by atoms with Crippen molar-refractivity contribution < 1.29 is 19.2 Å². The summed E-state index contributed by atoms with van der Waals surface area (Å²) in [5.41, 5.74) is 3.89. The van der Waals surface area contributed by atoms with Gasteiger partial charge < -0.3 is 5.32 Å². The Morgan fingerprint density at radius 3 is 2.62 bits per heavy atom. The van der Waals surface area contributed by atoms with E-state index in [2.05, 4.69) is 29.5 Å². The number of carbonyl (C=O) groups is 3. The molecule has 4 aliphatic rings. The van der Waals surface area contributed by atoms with E-state index < -0.39 is 6.09 Å². The molecule has 5 rings (SSSR count). The van der Waals surface area contributed by atoms with Crippen LogP contribution in [0, 0.1) is 34.5 Å². The summed E-state index contributed by atoms with van der Waals surface area (Å²) in [6.45, 7) is 6.59. The maximum Gasteiger partial charge on any atom is 0.433 e. The molecule has 0 aliphatic heterocycles. The van der Waals surface area contributed by atoms with Gasteiger partial charge in [0.15, 0.2) is 5.78 Å². The van der Waals surface area contributed by atoms with Crippen molar-refractivity contribution in [3.05, 3.63) is 47.0 Å². The van der Waals surface area contributed by atoms with E-state index in [1.165, 1.54) is 30.4 Å². The van der Waals surface area contributed by atoms with Crippen LogP contribution in [0.15, 0.2) is 41.1 Å². The topological polar surface area (TPSA) is 84.8 Å². The van der Waals surface area contributed by atoms with Gasteiger partial charge in [0.2, 0.25) is 0 Å². The summed E-state index contributed by atoms with van der Waals surface area (Å²) in [5, 5.41) is 6.29. The first kappa shape index (κ1) is 27.8. The second kappa shape index (κ2) is 11.4. The molecule has 210 valence electrons. The molecule has 0 unspecified atom stereocenters. The molecular weight excluding hydrogens is 488 g/mol. The number of aryl methyl sites for hydroxylation is 1. The summed E-state index contributed by atoms with van der Waals surface area (Å²) in [6.07, 6.45) is 14.7. The predicted molar refractivity (Wildman–Crippen MR) is 152 cm³/mol. The Balaban J connectivity index is 1.25. The number of carbonyl (C=O) groups excluding carboxylic acids is 3. The summed E-state index contributed by atoms with van der Waals surface area (Å²) in [7, 11) is 0. The zero-order chi connectivity index (χ0) is 27.6. The molecule has 4 aliphatic carbocycles. The molecule has 6 nitrogen and oxygen atoms in total. The number of benzene rings is 1. The number of oxime groups is 1. The molecule has 0 spiro atoms. The van der Waals surface area contributed by atoms with Gasteiger partial charge in [0, 0.05) is 18.9 Å². The van der Waals surface area contributed by atoms with Gasteiger partial charge in [0.05, 0.1) is 6.21 Å². The van der Waals surface area contributed by atoms with E-state index in [0.29, 0.717) is 42.3 Å². The van der Waals surface area contributed by atoms with Crippen molar-refractivity contribution in [3.8, 4) is 0 Å². The lowest BCUT2D eigenvalue weighted by atomic mass is 9.45. The second-order valence-electron chi connectivity index (χ2n) is 12.7. The number of hydrogen-bond donors (Lipinski definition) is 1. The molecule has 6 heteroatoms. The highest BCUT2D eigenvalue weighted by Crippen LogP contribution is 2.68. The molecule has 0 bridgehead atoms. The normalized spacial score (nSPS) is 33.6. The average molecular weight is 533 g/mol. The number of hydrogen-bond acceptors (Lipinski definition) is 5. The number of rotatable bonds is 8. The van der Waals surface area contributed by atoms with Crippen molar-refractivity contribution in [3.63, 3.8) is 0 Å². The van der Waals surface area contributed by atoms with E-state index in [4.69, 9.17) is 4.84 Å². The van der Waals surface area contributed by atoms with Gasteiger partial charge >= 0.3 is 6.09 Å². The van der Waals surface area contributed by atoms with Crippen molar-refractivity contribution >= 4 is 23.9 Å². The van der Waals surface area contributed by atoms with Gasteiger partial charge in [-0.25, -0.2) is 4.79 Å². The fourth-order valence-electron chi connectivity index (χ4n) is 9.17. The first-order valence-electron chi connectivity index (χ1n) is 15.1. The maximum atomic E-state index is 12.9. The third kappa shape index (κ3) is 5.36. The van der Waals surface area contributed by atoms with E-state index in [0.717, 1.165) is 50.5 Å². The van der Waals surface area contributed by atoms with Crippen LogP contribution < -0.4 is 5.32 Å². The van der Waals surface area contributed by atoms with Crippen LogP contribution in [0.25, 0.3) is 0 Å². The Labute approximate surface area is 233 Å². The molecule has 1 aromatic carbocycles. The summed E-state index contributed by atoms with van der Waals surface area (Å²) in [5.74, 6) is 2.87. The predicted octanol–water partition coefficient (Wildman–Crippen LogP) is 6.81. The number of nitrogens with zero attached hydrogens (tertiary/aromatic N) is 1. The van der Waals surface area contributed by atoms with Crippen LogP contribution in [-0.2, 0) is 20.8 Å². The monoisotopic (exact) mass is 532 g/mol. The molecular formula is C33H44N2O4. The van der Waals surface area contributed by atoms with E-state index in [-0.39, 0.29) is 16.7 Å². The third-order valence-electron chi connectivity index (χ3n) is 10.9. The molecule has 0 saturated heterocycles. The Bertz CT molecular complexity index is 1150. The molecule has 39 heavy (non-hydrogen) atoms. The van der Waals surface area contributed by atoms with Crippen molar-refractivity contribution in [1.29, 1.82) is 0 Å². The van der Waals surface area contributed by atoms with Crippen molar-refractivity contribution in [2.75, 3.05) is 6.54 Å². The SMILES string of the molecule is CCNC(=O)O/N=C/c1ccc(CCC[C@]23CC[C@@H]4[C@@H](CCC5=CC(=O)CC[C@]54C)[C@@H]2CC[C@@H]3C(C)=O)cc1. The minimum absolute atomic E-state index is 0.137. The van der Waals surface area contributed by atoms with Crippen LogP contribution in [0.2, 0.25) is 0 Å². The molecule has 1 amide bonds. The Kier molecular flexibility index (Phi) is 8.11. The smallest absolute Gasteiger partial charge is 0.320 e. The van der Waals surface area contributed by atoms with Gasteiger partial charge in [-0.05, 0) is 124 Å². The quantitative estimate of drug-likeness (QED) is 0.226. The summed E-state index contributed by atoms with van der Waals surface area (Å²) in [6, 6.07) is 8.25. The lowest BCUT2D eigenvalue weighted by molar-refractivity contribution is -0.130. The van der Waals surface area contributed by atoms with Crippen molar-refractivity contribution in [2.45, 2.75) is 91.4 Å². The average Bonchev–Trinajstić information content (AvgIpc) is 3.30. The maximum absolute atomic E-state index is 12.9. The van der Waals surface area contributed by atoms with Gasteiger partial charge in [-0.1, -0.05) is 41.9 Å². The molecule has 0 radical (unpaired) electrons. The molecule has 0 heterocycles. The number of Topliss-reactive ketones (excluding diaryl/α,β-unsaturated/α-hetero) is 1. The first-order valence-corrected chi connectivity index (χ1v) is 15.1. The second-order valence-corrected chi connectivity index (χ2v) is 12.7. The number of allylic oxidation sites excluding steroid dienone is 1. The van der Waals surface area contributed by atoms with E-state index in [1.807, 2.05) is 32.1 Å². The molecule has 0 aromatic heterocycles. The Hall–Kier alpha value is -2.76. The fourth-order valence-corrected chi connectivity index (χ4v) is 9.17. The van der Waals surface area contributed by atoms with Crippen LogP contribution in [0.3, 0.4) is 0 Å². The molecule has 3 saturated carbocycles. The van der Waals surface area contributed by atoms with Crippen LogP contribution >= 0.6 is 0 Å². The molecule has 1 aromatic rings. The number of ketones is 2. The highest BCUT2D eigenvalue weighted by molar-refractivity contribution is 5.91. The minimum atomic E-state index is -0.555. The summed E-state index contributed by atoms with van der Waals surface area (Å²) >= 11 is 0. The van der Waals surface area contributed by atoms with Gasteiger partial charge in [0.25, 0.3) is 0 Å². The summed E-state index contributed by atoms with van der Waals surface area (Å²) < 4.78 is 0. The van der Waals surface area contributed by atoms with Crippen LogP contribution in [0.5, 0.6) is 0 Å². The van der Waals surface area contributed by atoms with Gasteiger partial charge in [-0.3, -0.25) is 14.4 Å². The molecule has 1 N–H and O–H groups in total. The van der Waals surface area contributed by atoms with Gasteiger partial charge in [0.1, 0.15) is 5.78 Å². The highest BCUT2D eigenvalue weighted by atomic mass is 16.7. The van der Waals surface area contributed by atoms with Crippen LogP contribution in [0.4, 0.5) is 4.79 Å². The first-order chi connectivity index (χ1) is 18.8. The van der Waals surface area contributed by atoms with E-state index >= 15 is 0 Å². The van der Waals surface area contributed by atoms with Crippen molar-refractivity contribution in [1.82, 2.24) is 5.32 Å². The standard InChI is InChI=1S/C33H44N2O4/c1-4-34-31(38)39-35-21-24-9-7-23(8-10-24)6-5-17-33-19-16-29-27(30(33)14-13-28(33)22(2)36)12-11-25-20-26(37)15-18-32(25,29)3/h7-10,20-21,27-30H,4-6,11-19H2,1-3H3,(H,34,38)/b35-21+/t27-,28-,29-,30+,32-,33-/m1/s1. The van der Waals surface area contributed by atoms with E-state index in [9.17, 15) is 14.4 Å². The number of nitrogens with one attached hydrogen (secondary N) is 1. The fraction of sp³-hybridized carbons (Fsp3) is 0.636. The van der Waals surface area contributed by atoms with Crippen LogP contribution in [0.1, 0.15) is 96.1 Å². The zero-order valence-electron chi connectivity index (χ0n) is 23.8. The largest absolute Gasteiger partial charge is 0.433 e. The summed E-state index contributed by atoms with van der Waals surface area (Å²) in [4.78, 5) is 41.2. The Morgan fingerprint density at radius 2 is 1.87 bits per heavy atom. The van der Waals surface area contributed by atoms with Gasteiger partial charge in [-0.2, -0.15) is 0 Å². The lowest BCUT2D eigenvalue weighted by Crippen LogP contribution is -2.52. The van der Waals surface area contributed by atoms with Crippen molar-refractivity contribution in [2.24, 2.45) is 39.7 Å². The molecule has 6 atom stereocenters. The van der Waals surface area contributed by atoms with Crippen LogP contribution in [-0.4, -0.2) is 30.4 Å². The highest BCUT2D eigenvalue weighted by Gasteiger charge is 2.61.